The molecule has 0 bridgehead atoms. The van der Waals surface area contributed by atoms with Crippen LogP contribution in [0.4, 0.5) is 5.69 Å². The molecule has 2 atom stereocenters. The average molecular weight is 275 g/mol. The number of nitro benzene ring substituents is 1. The predicted molar refractivity (Wildman–Crippen MR) is 74.2 cm³/mol. The lowest BCUT2D eigenvalue weighted by Crippen LogP contribution is -2.37. The molecular weight excluding hydrogens is 258 g/mol. The Morgan fingerprint density at radius 2 is 1.95 bits per heavy atom. The first-order valence-corrected chi connectivity index (χ1v) is 6.50. The first-order chi connectivity index (χ1) is 9.36. The zero-order valence-electron chi connectivity index (χ0n) is 11.5. The SMILES string of the molecule is CC1=CCC[C@@](C)([C@@H](O)c2ccc([N+](=O)[O-])cc2)C1=O. The molecule has 0 radical (unpaired) electrons. The van der Waals surface area contributed by atoms with Gasteiger partial charge >= 0.3 is 0 Å². The van der Waals surface area contributed by atoms with E-state index in [4.69, 9.17) is 0 Å². The number of ketones is 1. The molecule has 1 aromatic rings. The number of allylic oxidation sites excluding steroid dienone is 2. The van der Waals surface area contributed by atoms with Crippen LogP contribution in [0.3, 0.4) is 0 Å². The Balaban J connectivity index is 2.31. The number of hydrogen-bond acceptors (Lipinski definition) is 4. The number of hydrogen-bond donors (Lipinski definition) is 1. The van der Waals surface area contributed by atoms with E-state index < -0.39 is 16.4 Å². The molecule has 0 saturated carbocycles. The topological polar surface area (TPSA) is 80.4 Å². The quantitative estimate of drug-likeness (QED) is 0.679. The van der Waals surface area contributed by atoms with E-state index in [9.17, 15) is 20.0 Å². The van der Waals surface area contributed by atoms with E-state index in [1.54, 1.807) is 13.8 Å². The largest absolute Gasteiger partial charge is 0.387 e. The van der Waals surface area contributed by atoms with Gasteiger partial charge in [-0.15, -0.1) is 0 Å². The van der Waals surface area contributed by atoms with Crippen LogP contribution in [0.25, 0.3) is 0 Å². The van der Waals surface area contributed by atoms with E-state index in [0.29, 0.717) is 17.6 Å². The maximum absolute atomic E-state index is 12.3. The van der Waals surface area contributed by atoms with Crippen LogP contribution < -0.4 is 0 Å². The van der Waals surface area contributed by atoms with Crippen LogP contribution in [-0.2, 0) is 4.79 Å². The van der Waals surface area contributed by atoms with Gasteiger partial charge in [0.05, 0.1) is 16.4 Å². The summed E-state index contributed by atoms with van der Waals surface area (Å²) in [6.07, 6.45) is 2.24. The van der Waals surface area contributed by atoms with E-state index in [0.717, 1.165) is 6.42 Å². The lowest BCUT2D eigenvalue weighted by Gasteiger charge is -2.36. The first-order valence-electron chi connectivity index (χ1n) is 6.50. The highest BCUT2D eigenvalue weighted by Gasteiger charge is 2.42. The van der Waals surface area contributed by atoms with E-state index >= 15 is 0 Å². The minimum absolute atomic E-state index is 0.0304. The monoisotopic (exact) mass is 275 g/mol. The van der Waals surface area contributed by atoms with Crippen LogP contribution in [0.2, 0.25) is 0 Å². The first kappa shape index (κ1) is 14.4. The van der Waals surface area contributed by atoms with E-state index in [1.807, 2.05) is 6.08 Å². The van der Waals surface area contributed by atoms with Gasteiger partial charge in [-0.25, -0.2) is 0 Å². The third kappa shape index (κ3) is 2.36. The van der Waals surface area contributed by atoms with Crippen molar-refractivity contribution in [1.82, 2.24) is 0 Å². The Morgan fingerprint density at radius 1 is 1.35 bits per heavy atom. The molecule has 2 rings (SSSR count). The molecule has 5 nitrogen and oxygen atoms in total. The number of non-ortho nitro benzene ring substituents is 1. The zero-order chi connectivity index (χ0) is 14.9. The van der Waals surface area contributed by atoms with Gasteiger partial charge in [-0.1, -0.05) is 6.08 Å². The molecule has 1 N–H and O–H groups in total. The minimum atomic E-state index is -0.959. The van der Waals surface area contributed by atoms with Crippen molar-refractivity contribution in [2.24, 2.45) is 5.41 Å². The zero-order valence-corrected chi connectivity index (χ0v) is 11.5. The summed E-state index contributed by atoms with van der Waals surface area (Å²) in [6, 6.07) is 5.71. The third-order valence-corrected chi connectivity index (χ3v) is 4.01. The van der Waals surface area contributed by atoms with Crippen LogP contribution in [0.1, 0.15) is 38.4 Å². The molecule has 106 valence electrons. The van der Waals surface area contributed by atoms with Gasteiger partial charge in [0.1, 0.15) is 0 Å². The highest BCUT2D eigenvalue weighted by molar-refractivity contribution is 6.00. The number of nitrogens with zero attached hydrogens (tertiary/aromatic N) is 1. The normalized spacial score (nSPS) is 24.1. The fourth-order valence-corrected chi connectivity index (χ4v) is 2.65. The molecule has 0 spiro atoms. The van der Waals surface area contributed by atoms with Gasteiger partial charge < -0.3 is 5.11 Å². The van der Waals surface area contributed by atoms with Gasteiger partial charge in [0.25, 0.3) is 5.69 Å². The summed E-state index contributed by atoms with van der Waals surface area (Å²) < 4.78 is 0. The van der Waals surface area contributed by atoms with E-state index in [2.05, 4.69) is 0 Å². The molecule has 20 heavy (non-hydrogen) atoms. The summed E-state index contributed by atoms with van der Waals surface area (Å²) in [6.45, 7) is 3.50. The van der Waals surface area contributed by atoms with Crippen LogP contribution in [0, 0.1) is 15.5 Å². The Bertz CT molecular complexity index is 576. The van der Waals surface area contributed by atoms with Gasteiger partial charge in [-0.2, -0.15) is 0 Å². The highest BCUT2D eigenvalue weighted by Crippen LogP contribution is 2.43. The second-order valence-corrected chi connectivity index (χ2v) is 5.42. The number of nitro groups is 1. The van der Waals surface area contributed by atoms with E-state index in [-0.39, 0.29) is 11.5 Å². The van der Waals surface area contributed by atoms with Gasteiger partial charge in [-0.05, 0) is 50.0 Å². The number of rotatable bonds is 3. The summed E-state index contributed by atoms with van der Waals surface area (Å²) in [5, 5.41) is 21.1. The van der Waals surface area contributed by atoms with Crippen LogP contribution in [0.15, 0.2) is 35.9 Å². The molecule has 0 aromatic heterocycles. The van der Waals surface area contributed by atoms with Crippen molar-refractivity contribution in [2.75, 3.05) is 0 Å². The summed E-state index contributed by atoms with van der Waals surface area (Å²) in [7, 11) is 0. The predicted octanol–water partition coefficient (Wildman–Crippen LogP) is 2.94. The van der Waals surface area contributed by atoms with Gasteiger partial charge in [0.15, 0.2) is 5.78 Å². The smallest absolute Gasteiger partial charge is 0.269 e. The number of carbonyl (C=O) groups excluding carboxylic acids is 1. The Kier molecular flexibility index (Phi) is 3.72. The second kappa shape index (κ2) is 5.17. The molecule has 1 aromatic carbocycles. The van der Waals surface area contributed by atoms with Crippen LogP contribution in [0.5, 0.6) is 0 Å². The lowest BCUT2D eigenvalue weighted by molar-refractivity contribution is -0.384. The Morgan fingerprint density at radius 3 is 2.50 bits per heavy atom. The van der Waals surface area contributed by atoms with Crippen molar-refractivity contribution >= 4 is 11.5 Å². The maximum atomic E-state index is 12.3. The van der Waals surface area contributed by atoms with Gasteiger partial charge in [-0.3, -0.25) is 14.9 Å². The van der Waals surface area contributed by atoms with Crippen molar-refractivity contribution in [3.8, 4) is 0 Å². The molecule has 5 heteroatoms. The minimum Gasteiger partial charge on any atom is -0.387 e. The molecular formula is C15H17NO4. The van der Waals surface area contributed by atoms with Crippen molar-refractivity contribution in [3.05, 3.63) is 51.6 Å². The van der Waals surface area contributed by atoms with E-state index in [1.165, 1.54) is 24.3 Å². The van der Waals surface area contributed by atoms with Crippen LogP contribution in [-0.4, -0.2) is 15.8 Å². The fourth-order valence-electron chi connectivity index (χ4n) is 2.65. The number of aliphatic hydroxyl groups excluding tert-OH is 1. The van der Waals surface area contributed by atoms with Crippen LogP contribution >= 0.6 is 0 Å². The van der Waals surface area contributed by atoms with Crippen molar-refractivity contribution in [1.29, 1.82) is 0 Å². The van der Waals surface area contributed by atoms with Gasteiger partial charge in [0.2, 0.25) is 0 Å². The van der Waals surface area contributed by atoms with Crippen molar-refractivity contribution < 1.29 is 14.8 Å². The summed E-state index contributed by atoms with van der Waals surface area (Å²) in [4.78, 5) is 22.4. The average Bonchev–Trinajstić information content (AvgIpc) is 2.44. The molecule has 1 aliphatic rings. The summed E-state index contributed by atoms with van der Waals surface area (Å²) >= 11 is 0. The fraction of sp³-hybridized carbons (Fsp3) is 0.400. The number of carbonyl (C=O) groups is 1. The third-order valence-electron chi connectivity index (χ3n) is 4.01. The molecule has 0 aliphatic heterocycles. The lowest BCUT2D eigenvalue weighted by atomic mass is 9.69. The Hall–Kier alpha value is -2.01. The molecule has 1 aliphatic carbocycles. The molecule has 0 saturated heterocycles. The van der Waals surface area contributed by atoms with Crippen molar-refractivity contribution in [3.63, 3.8) is 0 Å². The molecule has 0 amide bonds. The van der Waals surface area contributed by atoms with Gasteiger partial charge in [0, 0.05) is 12.1 Å². The second-order valence-electron chi connectivity index (χ2n) is 5.42. The Labute approximate surface area is 117 Å². The molecule has 0 unspecified atom stereocenters. The highest BCUT2D eigenvalue weighted by atomic mass is 16.6. The molecule has 0 heterocycles. The maximum Gasteiger partial charge on any atom is 0.269 e. The standard InChI is InChI=1S/C15H17NO4/c1-10-4-3-9-15(2,13(10)17)14(18)11-5-7-12(8-6-11)16(19)20/h4-8,14,18H,3,9H2,1-2H3/t14-,15+/m0/s1. The number of Topliss-reactive ketones (excluding diaryl/α,β-unsaturated/α-hetero) is 1. The number of aliphatic hydroxyl groups is 1. The summed E-state index contributed by atoms with van der Waals surface area (Å²) in [5.74, 6) is -0.0606. The number of benzene rings is 1. The van der Waals surface area contributed by atoms with Crippen molar-refractivity contribution in [2.45, 2.75) is 32.8 Å². The summed E-state index contributed by atoms with van der Waals surface area (Å²) in [5.41, 5.74) is 0.299. The molecule has 0 fully saturated rings.